The van der Waals surface area contributed by atoms with Gasteiger partial charge in [0.15, 0.2) is 0 Å². The highest BCUT2D eigenvalue weighted by Crippen LogP contribution is 2.13. The highest BCUT2D eigenvalue weighted by Gasteiger charge is 2.25. The molecule has 0 saturated carbocycles. The van der Waals surface area contributed by atoms with Crippen molar-refractivity contribution in [2.24, 2.45) is 5.73 Å². The highest BCUT2D eigenvalue weighted by molar-refractivity contribution is 5.85. The molecule has 0 saturated heterocycles. The summed E-state index contributed by atoms with van der Waals surface area (Å²) in [6, 6.07) is 0. The van der Waals surface area contributed by atoms with Gasteiger partial charge in [-0.2, -0.15) is 0 Å². The standard InChI is InChI=1S/C12H26N2O2.ClH/c1-4-12(5-2,10-13)14-11(15)8-6-7-9-16-3;/h4-10,13H2,1-3H3,(H,14,15);1H. The van der Waals surface area contributed by atoms with Crippen molar-refractivity contribution in [2.45, 2.75) is 51.5 Å². The fourth-order valence-electron chi connectivity index (χ4n) is 1.66. The minimum atomic E-state index is -0.210. The van der Waals surface area contributed by atoms with Crippen LogP contribution in [0.2, 0.25) is 0 Å². The second-order valence-corrected chi connectivity index (χ2v) is 4.19. The lowest BCUT2D eigenvalue weighted by atomic mass is 9.92. The van der Waals surface area contributed by atoms with E-state index in [0.717, 1.165) is 32.3 Å². The first-order valence-electron chi connectivity index (χ1n) is 6.14. The number of nitrogens with one attached hydrogen (secondary N) is 1. The minimum absolute atomic E-state index is 0. The molecule has 17 heavy (non-hydrogen) atoms. The summed E-state index contributed by atoms with van der Waals surface area (Å²) in [6.45, 7) is 5.34. The van der Waals surface area contributed by atoms with E-state index in [1.807, 2.05) is 0 Å². The zero-order valence-corrected chi connectivity index (χ0v) is 12.1. The third-order valence-electron chi connectivity index (χ3n) is 3.15. The van der Waals surface area contributed by atoms with Crippen LogP contribution in [0.15, 0.2) is 0 Å². The maximum absolute atomic E-state index is 11.7. The van der Waals surface area contributed by atoms with Crippen LogP contribution in [0.5, 0.6) is 0 Å². The van der Waals surface area contributed by atoms with Gasteiger partial charge in [0.2, 0.25) is 5.91 Å². The van der Waals surface area contributed by atoms with Gasteiger partial charge in [-0.1, -0.05) is 13.8 Å². The predicted molar refractivity (Wildman–Crippen MR) is 73.5 cm³/mol. The third kappa shape index (κ3) is 7.58. The molecule has 0 aliphatic rings. The van der Waals surface area contributed by atoms with E-state index >= 15 is 0 Å². The van der Waals surface area contributed by atoms with Gasteiger partial charge in [0.25, 0.3) is 0 Å². The van der Waals surface area contributed by atoms with Crippen LogP contribution in [0.25, 0.3) is 0 Å². The molecule has 0 aliphatic carbocycles. The summed E-state index contributed by atoms with van der Waals surface area (Å²) in [5.74, 6) is 0.102. The summed E-state index contributed by atoms with van der Waals surface area (Å²) < 4.78 is 4.94. The summed E-state index contributed by atoms with van der Waals surface area (Å²) in [4.78, 5) is 11.7. The van der Waals surface area contributed by atoms with Crippen LogP contribution in [0.1, 0.15) is 46.0 Å². The van der Waals surface area contributed by atoms with E-state index < -0.39 is 0 Å². The summed E-state index contributed by atoms with van der Waals surface area (Å²) in [6.07, 6.45) is 4.12. The number of carbonyl (C=O) groups excluding carboxylic acids is 1. The van der Waals surface area contributed by atoms with Gasteiger partial charge in [0.1, 0.15) is 0 Å². The fraction of sp³-hybridized carbons (Fsp3) is 0.917. The van der Waals surface area contributed by atoms with Crippen molar-refractivity contribution < 1.29 is 9.53 Å². The van der Waals surface area contributed by atoms with Crippen LogP contribution in [0, 0.1) is 0 Å². The van der Waals surface area contributed by atoms with E-state index in [-0.39, 0.29) is 23.9 Å². The number of methoxy groups -OCH3 is 1. The zero-order valence-electron chi connectivity index (χ0n) is 11.3. The number of hydrogen-bond acceptors (Lipinski definition) is 3. The quantitative estimate of drug-likeness (QED) is 0.626. The average molecular weight is 267 g/mol. The van der Waals surface area contributed by atoms with Crippen molar-refractivity contribution in [1.29, 1.82) is 0 Å². The molecule has 0 aromatic rings. The Labute approximate surface area is 111 Å². The Kier molecular flexibility index (Phi) is 12.1. The van der Waals surface area contributed by atoms with Crippen LogP contribution in [0.3, 0.4) is 0 Å². The van der Waals surface area contributed by atoms with Gasteiger partial charge in [-0.25, -0.2) is 0 Å². The van der Waals surface area contributed by atoms with Crippen LogP contribution in [0.4, 0.5) is 0 Å². The lowest BCUT2D eigenvalue weighted by molar-refractivity contribution is -0.123. The number of carbonyl (C=O) groups is 1. The topological polar surface area (TPSA) is 64.3 Å². The number of amides is 1. The Morgan fingerprint density at radius 2 is 1.88 bits per heavy atom. The molecule has 0 rings (SSSR count). The molecule has 1 amide bonds. The van der Waals surface area contributed by atoms with Crippen molar-refractivity contribution >= 4 is 18.3 Å². The van der Waals surface area contributed by atoms with Gasteiger partial charge in [0.05, 0.1) is 5.54 Å². The molecule has 0 radical (unpaired) electrons. The molecule has 0 bridgehead atoms. The Balaban J connectivity index is 0. The number of hydrogen-bond donors (Lipinski definition) is 2. The van der Waals surface area contributed by atoms with Crippen molar-refractivity contribution in [3.05, 3.63) is 0 Å². The second-order valence-electron chi connectivity index (χ2n) is 4.19. The van der Waals surface area contributed by atoms with E-state index in [9.17, 15) is 4.79 Å². The van der Waals surface area contributed by atoms with Gasteiger partial charge in [-0.3, -0.25) is 4.79 Å². The number of unbranched alkanes of at least 4 members (excludes halogenated alkanes) is 1. The third-order valence-corrected chi connectivity index (χ3v) is 3.15. The molecule has 0 heterocycles. The second kappa shape index (κ2) is 10.8. The van der Waals surface area contributed by atoms with E-state index in [2.05, 4.69) is 19.2 Å². The monoisotopic (exact) mass is 266 g/mol. The Hall–Kier alpha value is -0.320. The van der Waals surface area contributed by atoms with Gasteiger partial charge in [-0.15, -0.1) is 12.4 Å². The van der Waals surface area contributed by atoms with E-state index in [0.29, 0.717) is 13.0 Å². The number of rotatable bonds is 9. The maximum Gasteiger partial charge on any atom is 0.220 e. The molecular weight excluding hydrogens is 240 g/mol. The van der Waals surface area contributed by atoms with Gasteiger partial charge < -0.3 is 15.8 Å². The van der Waals surface area contributed by atoms with E-state index in [1.165, 1.54) is 0 Å². The molecule has 3 N–H and O–H groups in total. The largest absolute Gasteiger partial charge is 0.385 e. The normalized spacial score (nSPS) is 10.8. The van der Waals surface area contributed by atoms with Crippen LogP contribution >= 0.6 is 12.4 Å². The Morgan fingerprint density at radius 1 is 1.29 bits per heavy atom. The molecule has 0 fully saturated rings. The van der Waals surface area contributed by atoms with Crippen molar-refractivity contribution in [2.75, 3.05) is 20.3 Å². The van der Waals surface area contributed by atoms with E-state index in [1.54, 1.807) is 7.11 Å². The summed E-state index contributed by atoms with van der Waals surface area (Å²) in [5, 5.41) is 3.05. The molecule has 0 spiro atoms. The minimum Gasteiger partial charge on any atom is -0.385 e. The highest BCUT2D eigenvalue weighted by atomic mass is 35.5. The first-order chi connectivity index (χ1) is 7.64. The van der Waals surface area contributed by atoms with Crippen LogP contribution < -0.4 is 11.1 Å². The first kappa shape index (κ1) is 19.0. The molecule has 4 nitrogen and oxygen atoms in total. The fourth-order valence-corrected chi connectivity index (χ4v) is 1.66. The van der Waals surface area contributed by atoms with Gasteiger partial charge >= 0.3 is 0 Å². The summed E-state index contributed by atoms with van der Waals surface area (Å²) in [7, 11) is 1.67. The molecule has 0 atom stereocenters. The smallest absolute Gasteiger partial charge is 0.220 e. The van der Waals surface area contributed by atoms with E-state index in [4.69, 9.17) is 10.5 Å². The first-order valence-corrected chi connectivity index (χ1v) is 6.14. The lowest BCUT2D eigenvalue weighted by Crippen LogP contribution is -2.52. The summed E-state index contributed by atoms with van der Waals surface area (Å²) >= 11 is 0. The maximum atomic E-state index is 11.7. The molecule has 0 aromatic carbocycles. The molecule has 104 valence electrons. The van der Waals surface area contributed by atoms with Crippen molar-refractivity contribution in [3.63, 3.8) is 0 Å². The van der Waals surface area contributed by atoms with Gasteiger partial charge in [-0.05, 0) is 25.7 Å². The number of nitrogens with two attached hydrogens (primary N) is 1. The molecule has 0 aliphatic heterocycles. The lowest BCUT2D eigenvalue weighted by Gasteiger charge is -2.31. The Morgan fingerprint density at radius 3 is 2.29 bits per heavy atom. The molecule has 5 heteroatoms. The van der Waals surface area contributed by atoms with Crippen molar-refractivity contribution in [1.82, 2.24) is 5.32 Å². The summed E-state index contributed by atoms with van der Waals surface area (Å²) in [5.41, 5.74) is 5.51. The molecule has 0 unspecified atom stereocenters. The SMILES string of the molecule is CCC(CC)(CN)NC(=O)CCCCOC.Cl. The zero-order chi connectivity index (χ0) is 12.4. The van der Waals surface area contributed by atoms with Crippen LogP contribution in [-0.4, -0.2) is 31.7 Å². The number of halogens is 1. The Bertz CT molecular complexity index is 189. The average Bonchev–Trinajstić information content (AvgIpc) is 2.32. The van der Waals surface area contributed by atoms with Crippen molar-refractivity contribution in [3.8, 4) is 0 Å². The predicted octanol–water partition coefficient (Wildman–Crippen LogP) is 1.86. The number of ether oxygens (including phenoxy) is 1. The van der Waals surface area contributed by atoms with Gasteiger partial charge in [0, 0.05) is 26.7 Å². The molecular formula is C12H27ClN2O2. The molecule has 0 aromatic heterocycles. The van der Waals surface area contributed by atoms with Crippen LogP contribution in [-0.2, 0) is 9.53 Å².